The topological polar surface area (TPSA) is 29.1 Å². The standard InChI is InChI=1S/C11H23NOS2/c1-9(2)5-6-11(13)12-10(3)7-8-15-14-4/h9-10H,5-8H2,1-4H3,(H,12,13). The zero-order valence-corrected chi connectivity index (χ0v) is 11.8. The van der Waals surface area contributed by atoms with Crippen molar-refractivity contribution in [2.75, 3.05) is 12.0 Å². The molecule has 0 fully saturated rings. The smallest absolute Gasteiger partial charge is 0.220 e. The average molecular weight is 249 g/mol. The Morgan fingerprint density at radius 1 is 1.27 bits per heavy atom. The SMILES string of the molecule is CSSCCC(C)NC(=O)CCC(C)C. The van der Waals surface area contributed by atoms with Gasteiger partial charge in [0.25, 0.3) is 0 Å². The Morgan fingerprint density at radius 3 is 2.47 bits per heavy atom. The molecule has 0 aromatic rings. The van der Waals surface area contributed by atoms with Crippen LogP contribution in [0.25, 0.3) is 0 Å². The Labute approximate surface area is 102 Å². The van der Waals surface area contributed by atoms with Gasteiger partial charge in [-0.3, -0.25) is 4.79 Å². The molecule has 0 saturated carbocycles. The van der Waals surface area contributed by atoms with Gasteiger partial charge in [0, 0.05) is 18.2 Å². The first-order valence-corrected chi connectivity index (χ1v) is 8.24. The first-order chi connectivity index (χ1) is 7.06. The third kappa shape index (κ3) is 10.5. The Bertz CT molecular complexity index is 174. The summed E-state index contributed by atoms with van der Waals surface area (Å²) in [4.78, 5) is 11.5. The van der Waals surface area contributed by atoms with Gasteiger partial charge < -0.3 is 5.32 Å². The third-order valence-electron chi connectivity index (χ3n) is 2.11. The Hall–Kier alpha value is 0.170. The van der Waals surface area contributed by atoms with Gasteiger partial charge in [-0.2, -0.15) is 0 Å². The summed E-state index contributed by atoms with van der Waals surface area (Å²) in [6.07, 6.45) is 4.78. The minimum absolute atomic E-state index is 0.199. The maximum Gasteiger partial charge on any atom is 0.220 e. The van der Waals surface area contributed by atoms with Crippen molar-refractivity contribution < 1.29 is 4.79 Å². The first-order valence-electron chi connectivity index (χ1n) is 5.51. The van der Waals surface area contributed by atoms with Crippen LogP contribution < -0.4 is 5.32 Å². The van der Waals surface area contributed by atoms with Gasteiger partial charge in [-0.15, -0.1) is 0 Å². The highest BCUT2D eigenvalue weighted by Crippen LogP contribution is 2.18. The molecular weight excluding hydrogens is 226 g/mol. The van der Waals surface area contributed by atoms with Crippen molar-refractivity contribution in [2.45, 2.75) is 46.1 Å². The van der Waals surface area contributed by atoms with E-state index in [-0.39, 0.29) is 5.91 Å². The van der Waals surface area contributed by atoms with E-state index in [1.807, 2.05) is 10.8 Å². The summed E-state index contributed by atoms with van der Waals surface area (Å²) in [6, 6.07) is 0.310. The second kappa shape index (κ2) is 9.40. The van der Waals surface area contributed by atoms with Crippen LogP contribution in [0.1, 0.15) is 40.0 Å². The Balaban J connectivity index is 3.49. The molecule has 4 heteroatoms. The van der Waals surface area contributed by atoms with Gasteiger partial charge >= 0.3 is 0 Å². The van der Waals surface area contributed by atoms with Crippen LogP contribution in [-0.4, -0.2) is 24.0 Å². The molecule has 90 valence electrons. The molecular formula is C11H23NOS2. The average Bonchev–Trinajstić information content (AvgIpc) is 2.15. The fraction of sp³-hybridized carbons (Fsp3) is 0.909. The summed E-state index contributed by atoms with van der Waals surface area (Å²) in [5, 5.41) is 3.03. The van der Waals surface area contributed by atoms with Crippen LogP contribution >= 0.6 is 21.6 Å². The summed E-state index contributed by atoms with van der Waals surface area (Å²) in [5.74, 6) is 1.91. The zero-order chi connectivity index (χ0) is 11.7. The molecule has 0 radical (unpaired) electrons. The van der Waals surface area contributed by atoms with Crippen LogP contribution in [0, 0.1) is 5.92 Å². The van der Waals surface area contributed by atoms with E-state index in [1.54, 1.807) is 10.8 Å². The molecule has 2 nitrogen and oxygen atoms in total. The molecule has 1 unspecified atom stereocenters. The van der Waals surface area contributed by atoms with Gasteiger partial charge in [0.15, 0.2) is 0 Å². The number of nitrogens with one attached hydrogen (secondary N) is 1. The molecule has 0 rings (SSSR count). The third-order valence-corrected chi connectivity index (χ3v) is 3.95. The lowest BCUT2D eigenvalue weighted by molar-refractivity contribution is -0.121. The number of amides is 1. The second-order valence-corrected chi connectivity index (χ2v) is 6.86. The Kier molecular flexibility index (Phi) is 9.51. The maximum atomic E-state index is 11.5. The molecule has 0 spiro atoms. The molecule has 0 aromatic carbocycles. The minimum Gasteiger partial charge on any atom is -0.354 e. The molecule has 0 aliphatic carbocycles. The van der Waals surface area contributed by atoms with Crippen molar-refractivity contribution in [2.24, 2.45) is 5.92 Å². The minimum atomic E-state index is 0.199. The van der Waals surface area contributed by atoms with Crippen molar-refractivity contribution in [1.29, 1.82) is 0 Å². The van der Waals surface area contributed by atoms with Crippen molar-refractivity contribution >= 4 is 27.5 Å². The van der Waals surface area contributed by atoms with Gasteiger partial charge in [-0.1, -0.05) is 35.4 Å². The first kappa shape index (κ1) is 15.2. The number of carbonyl (C=O) groups is 1. The zero-order valence-electron chi connectivity index (χ0n) is 10.2. The number of hydrogen-bond donors (Lipinski definition) is 1. The summed E-state index contributed by atoms with van der Waals surface area (Å²) < 4.78 is 0. The molecule has 1 amide bonds. The van der Waals surface area contributed by atoms with E-state index in [9.17, 15) is 4.79 Å². The molecule has 1 N–H and O–H groups in total. The maximum absolute atomic E-state index is 11.5. The largest absolute Gasteiger partial charge is 0.354 e. The quantitative estimate of drug-likeness (QED) is 0.528. The highest BCUT2D eigenvalue weighted by Gasteiger charge is 2.07. The van der Waals surface area contributed by atoms with E-state index in [1.165, 1.54) is 0 Å². The summed E-state index contributed by atoms with van der Waals surface area (Å²) in [5.41, 5.74) is 0. The monoisotopic (exact) mass is 249 g/mol. The fourth-order valence-corrected chi connectivity index (χ4v) is 2.55. The van der Waals surface area contributed by atoms with Crippen LogP contribution in [-0.2, 0) is 4.79 Å². The van der Waals surface area contributed by atoms with Gasteiger partial charge in [-0.05, 0) is 31.9 Å². The highest BCUT2D eigenvalue weighted by atomic mass is 33.1. The second-order valence-electron chi connectivity index (χ2n) is 4.18. The lowest BCUT2D eigenvalue weighted by Gasteiger charge is -2.13. The number of rotatable bonds is 8. The molecule has 1 atom stereocenters. The molecule has 0 aliphatic heterocycles. The predicted molar refractivity (Wildman–Crippen MR) is 72.3 cm³/mol. The van der Waals surface area contributed by atoms with E-state index >= 15 is 0 Å². The Morgan fingerprint density at radius 2 is 1.93 bits per heavy atom. The number of carbonyl (C=O) groups excluding carboxylic acids is 1. The van der Waals surface area contributed by atoms with E-state index in [4.69, 9.17) is 0 Å². The van der Waals surface area contributed by atoms with Gasteiger partial charge in [-0.25, -0.2) is 0 Å². The van der Waals surface area contributed by atoms with Crippen molar-refractivity contribution in [3.05, 3.63) is 0 Å². The van der Waals surface area contributed by atoms with Crippen molar-refractivity contribution in [3.8, 4) is 0 Å². The molecule has 0 aliphatic rings. The van der Waals surface area contributed by atoms with Crippen LogP contribution in [0.4, 0.5) is 0 Å². The molecule has 0 aromatic heterocycles. The highest BCUT2D eigenvalue weighted by molar-refractivity contribution is 8.76. The number of hydrogen-bond acceptors (Lipinski definition) is 3. The van der Waals surface area contributed by atoms with E-state index in [0.29, 0.717) is 18.4 Å². The van der Waals surface area contributed by atoms with Gasteiger partial charge in [0.1, 0.15) is 0 Å². The lowest BCUT2D eigenvalue weighted by atomic mass is 10.1. The van der Waals surface area contributed by atoms with E-state index < -0.39 is 0 Å². The fourth-order valence-electron chi connectivity index (χ4n) is 1.15. The van der Waals surface area contributed by atoms with Crippen molar-refractivity contribution in [3.63, 3.8) is 0 Å². The van der Waals surface area contributed by atoms with Crippen LogP contribution in [0.3, 0.4) is 0 Å². The van der Waals surface area contributed by atoms with Crippen LogP contribution in [0.5, 0.6) is 0 Å². The molecule has 0 saturated heterocycles. The lowest BCUT2D eigenvalue weighted by Crippen LogP contribution is -2.32. The van der Waals surface area contributed by atoms with Crippen LogP contribution in [0.15, 0.2) is 0 Å². The van der Waals surface area contributed by atoms with E-state index in [0.717, 1.165) is 18.6 Å². The molecule has 15 heavy (non-hydrogen) atoms. The predicted octanol–water partition coefficient (Wildman–Crippen LogP) is 3.33. The summed E-state index contributed by atoms with van der Waals surface area (Å²) >= 11 is 0. The van der Waals surface area contributed by atoms with Crippen LogP contribution in [0.2, 0.25) is 0 Å². The van der Waals surface area contributed by atoms with Gasteiger partial charge in [0.05, 0.1) is 0 Å². The summed E-state index contributed by atoms with van der Waals surface area (Å²) in [7, 11) is 3.63. The van der Waals surface area contributed by atoms with Crippen molar-refractivity contribution in [1.82, 2.24) is 5.32 Å². The summed E-state index contributed by atoms with van der Waals surface area (Å²) in [6.45, 7) is 6.37. The molecule has 0 bridgehead atoms. The molecule has 0 heterocycles. The normalized spacial score (nSPS) is 12.9. The van der Waals surface area contributed by atoms with E-state index in [2.05, 4.69) is 32.3 Å². The van der Waals surface area contributed by atoms with Gasteiger partial charge in [0.2, 0.25) is 5.91 Å².